The lowest BCUT2D eigenvalue weighted by molar-refractivity contribution is -0.143. The molecule has 0 aromatic rings. The largest absolute Gasteiger partial charge is 0.465 e. The summed E-state index contributed by atoms with van der Waals surface area (Å²) in [6, 6.07) is 0. The molecule has 1 saturated carbocycles. The molecule has 4 nitrogen and oxygen atoms in total. The van der Waals surface area contributed by atoms with E-state index in [0.717, 1.165) is 18.8 Å². The zero-order valence-corrected chi connectivity index (χ0v) is 24.0. The first-order valence-electron chi connectivity index (χ1n) is 13.2. The van der Waals surface area contributed by atoms with Crippen LogP contribution in [0.4, 0.5) is 4.39 Å². The van der Waals surface area contributed by atoms with Crippen LogP contribution in [0.1, 0.15) is 113 Å². The van der Waals surface area contributed by atoms with Crippen LogP contribution in [-0.4, -0.2) is 40.5 Å². The molecule has 1 fully saturated rings. The van der Waals surface area contributed by atoms with E-state index >= 15 is 0 Å². The Morgan fingerprint density at radius 3 is 2.21 bits per heavy atom. The first-order chi connectivity index (χ1) is 15.7. The van der Waals surface area contributed by atoms with Crippen LogP contribution in [0.3, 0.4) is 0 Å². The van der Waals surface area contributed by atoms with Crippen LogP contribution in [0, 0.1) is 16.7 Å². The molecule has 2 aliphatic carbocycles. The molecule has 0 aliphatic heterocycles. The van der Waals surface area contributed by atoms with Crippen LogP contribution >= 0.6 is 0 Å². The summed E-state index contributed by atoms with van der Waals surface area (Å²) < 4.78 is 36.4. The third-order valence-corrected chi connectivity index (χ3v) is 8.22. The molecule has 34 heavy (non-hydrogen) atoms. The number of rotatable bonds is 11. The summed E-state index contributed by atoms with van der Waals surface area (Å²) in [6.07, 6.45) is 15.0. The van der Waals surface area contributed by atoms with Gasteiger partial charge in [-0.05, 0) is 81.1 Å². The first-order valence-corrected chi connectivity index (χ1v) is 14.8. The molecule has 0 amide bonds. The van der Waals surface area contributed by atoms with Gasteiger partial charge in [-0.15, -0.1) is 0 Å². The normalized spacial score (nSPS) is 25.4. The van der Waals surface area contributed by atoms with Crippen molar-refractivity contribution in [1.29, 1.82) is 0 Å². The quantitative estimate of drug-likeness (QED) is 0.216. The Bertz CT molecular complexity index is 670. The lowest BCUT2D eigenvalue weighted by Crippen LogP contribution is -2.37. The number of hydrogen-bond donors (Lipinski definition) is 0. The van der Waals surface area contributed by atoms with Gasteiger partial charge in [-0.1, -0.05) is 47.5 Å². The van der Waals surface area contributed by atoms with Gasteiger partial charge in [0.2, 0.25) is 0 Å². The minimum Gasteiger partial charge on any atom is -0.465 e. The molecular formula is C28H51FO4S. The lowest BCUT2D eigenvalue weighted by Gasteiger charge is -2.48. The van der Waals surface area contributed by atoms with Crippen molar-refractivity contribution in [1.82, 2.24) is 0 Å². The molecule has 0 aromatic carbocycles. The number of carbonyl (C=O) groups is 1. The second-order valence-electron chi connectivity index (χ2n) is 12.0. The summed E-state index contributed by atoms with van der Waals surface area (Å²) in [5.74, 6) is 0.405. The van der Waals surface area contributed by atoms with E-state index in [2.05, 4.69) is 13.8 Å². The summed E-state index contributed by atoms with van der Waals surface area (Å²) in [6.45, 7) is 15.3. The molecule has 2 aliphatic rings. The van der Waals surface area contributed by atoms with Gasteiger partial charge in [0.25, 0.3) is 0 Å². The highest BCUT2D eigenvalue weighted by atomic mass is 32.2. The number of carbonyl (C=O) groups excluding carboxylic acids is 1. The summed E-state index contributed by atoms with van der Waals surface area (Å²) in [4.78, 5) is 10.3. The van der Waals surface area contributed by atoms with Gasteiger partial charge in [-0.25, -0.2) is 4.39 Å². The van der Waals surface area contributed by atoms with E-state index in [4.69, 9.17) is 9.47 Å². The van der Waals surface area contributed by atoms with E-state index in [-0.39, 0.29) is 17.2 Å². The SMILES string of the molecule is CC(=O)OCC(C)(C)C.CCCC1(CCC)CC(CCCO[C@@]2(C)C=C(F)C(S(C)=O)CC2)C1. The molecule has 0 aromatic heterocycles. The monoisotopic (exact) mass is 502 g/mol. The zero-order valence-electron chi connectivity index (χ0n) is 23.1. The van der Waals surface area contributed by atoms with Crippen molar-refractivity contribution >= 4 is 16.8 Å². The first kappa shape index (κ1) is 31.3. The standard InChI is InChI=1S/C21H37FO2S.C7H14O2/c1-5-10-21(11-6-2)14-17(15-21)8-7-13-24-20(3)12-9-19(25(4)23)18(22)16-20;1-6(8)9-5-7(2,3)4/h16-17,19H,5-15H2,1-4H3;5H2,1-4H3/t19?,20-,25?;/m1./s1. The molecular weight excluding hydrogens is 451 g/mol. The van der Waals surface area contributed by atoms with E-state index in [0.29, 0.717) is 25.0 Å². The molecule has 2 rings (SSSR count). The Morgan fingerprint density at radius 1 is 1.21 bits per heavy atom. The van der Waals surface area contributed by atoms with Crippen molar-refractivity contribution in [2.75, 3.05) is 19.5 Å². The molecule has 0 bridgehead atoms. The molecule has 0 N–H and O–H groups in total. The van der Waals surface area contributed by atoms with Crippen LogP contribution in [-0.2, 0) is 25.1 Å². The topological polar surface area (TPSA) is 52.6 Å². The summed E-state index contributed by atoms with van der Waals surface area (Å²) in [5, 5.41) is -0.433. The van der Waals surface area contributed by atoms with Gasteiger partial charge in [-0.3, -0.25) is 9.00 Å². The Labute approximate surface area is 211 Å². The summed E-state index contributed by atoms with van der Waals surface area (Å²) >= 11 is 0. The van der Waals surface area contributed by atoms with E-state index in [1.54, 1.807) is 12.3 Å². The number of ether oxygens (including phenoxy) is 2. The minimum absolute atomic E-state index is 0.0890. The predicted molar refractivity (Wildman–Crippen MR) is 141 cm³/mol. The van der Waals surface area contributed by atoms with E-state index in [1.807, 2.05) is 27.7 Å². The van der Waals surface area contributed by atoms with Crippen LogP contribution < -0.4 is 0 Å². The number of esters is 1. The fraction of sp³-hybridized carbons (Fsp3) is 0.893. The maximum Gasteiger partial charge on any atom is 0.302 e. The van der Waals surface area contributed by atoms with Crippen molar-refractivity contribution in [2.45, 2.75) is 124 Å². The van der Waals surface area contributed by atoms with Gasteiger partial charge in [0.05, 0.1) is 17.5 Å². The van der Waals surface area contributed by atoms with Gasteiger partial charge in [0.1, 0.15) is 5.83 Å². The Balaban J connectivity index is 0.000000546. The molecule has 0 saturated heterocycles. The smallest absolute Gasteiger partial charge is 0.302 e. The van der Waals surface area contributed by atoms with Crippen molar-refractivity contribution < 1.29 is 22.9 Å². The third kappa shape index (κ3) is 11.3. The Hall–Kier alpha value is -0.750. The van der Waals surface area contributed by atoms with Crippen molar-refractivity contribution in [3.05, 3.63) is 11.9 Å². The average molecular weight is 503 g/mol. The molecule has 3 atom stereocenters. The minimum atomic E-state index is -1.13. The van der Waals surface area contributed by atoms with Gasteiger partial charge in [0, 0.05) is 30.6 Å². The van der Waals surface area contributed by atoms with E-state index < -0.39 is 21.7 Å². The summed E-state index contributed by atoms with van der Waals surface area (Å²) in [7, 11) is -1.13. The maximum atomic E-state index is 14.1. The average Bonchev–Trinajstić information content (AvgIpc) is 2.68. The Kier molecular flexibility index (Phi) is 13.0. The van der Waals surface area contributed by atoms with E-state index in [9.17, 15) is 13.4 Å². The van der Waals surface area contributed by atoms with Crippen LogP contribution in [0.2, 0.25) is 0 Å². The van der Waals surface area contributed by atoms with Crippen LogP contribution in [0.25, 0.3) is 0 Å². The van der Waals surface area contributed by atoms with E-state index in [1.165, 1.54) is 51.9 Å². The zero-order chi connectivity index (χ0) is 26.0. The van der Waals surface area contributed by atoms with Crippen LogP contribution in [0.15, 0.2) is 11.9 Å². The molecule has 0 heterocycles. The van der Waals surface area contributed by atoms with Gasteiger partial charge >= 0.3 is 5.97 Å². The molecule has 6 heteroatoms. The van der Waals surface area contributed by atoms with Gasteiger partial charge < -0.3 is 9.47 Å². The van der Waals surface area contributed by atoms with Crippen LogP contribution in [0.5, 0.6) is 0 Å². The highest BCUT2D eigenvalue weighted by Gasteiger charge is 2.42. The fourth-order valence-corrected chi connectivity index (χ4v) is 6.24. The third-order valence-electron chi connectivity index (χ3n) is 6.96. The van der Waals surface area contributed by atoms with Crippen molar-refractivity contribution in [2.24, 2.45) is 16.7 Å². The van der Waals surface area contributed by atoms with Gasteiger partial charge in [0.15, 0.2) is 0 Å². The predicted octanol–water partition coefficient (Wildman–Crippen LogP) is 7.53. The highest BCUT2D eigenvalue weighted by molar-refractivity contribution is 7.85. The van der Waals surface area contributed by atoms with Gasteiger partial charge in [-0.2, -0.15) is 0 Å². The lowest BCUT2D eigenvalue weighted by atomic mass is 9.57. The second-order valence-corrected chi connectivity index (χ2v) is 13.5. The van der Waals surface area contributed by atoms with Crippen molar-refractivity contribution in [3.8, 4) is 0 Å². The molecule has 200 valence electrons. The molecule has 0 spiro atoms. The molecule has 2 unspecified atom stereocenters. The molecule has 0 radical (unpaired) electrons. The Morgan fingerprint density at radius 2 is 1.79 bits per heavy atom. The maximum absolute atomic E-state index is 14.1. The second kappa shape index (κ2) is 14.1. The highest BCUT2D eigenvalue weighted by Crippen LogP contribution is 2.53. The number of halogens is 1. The number of hydrogen-bond acceptors (Lipinski definition) is 4. The summed E-state index contributed by atoms with van der Waals surface area (Å²) in [5.41, 5.74) is 0.209. The van der Waals surface area contributed by atoms with Crippen molar-refractivity contribution in [3.63, 3.8) is 0 Å². The fourth-order valence-electron chi connectivity index (χ4n) is 5.41.